The Morgan fingerprint density at radius 3 is 2.36 bits per heavy atom. The molecule has 3 rings (SSSR count). The van der Waals surface area contributed by atoms with Crippen molar-refractivity contribution in [3.05, 3.63) is 65.7 Å². The van der Waals surface area contributed by atoms with Gasteiger partial charge in [-0.25, -0.2) is 4.79 Å². The smallest absolute Gasteiger partial charge is 0.407 e. The molecule has 3 N–H and O–H groups in total. The van der Waals surface area contributed by atoms with Crippen molar-refractivity contribution in [1.29, 1.82) is 0 Å². The summed E-state index contributed by atoms with van der Waals surface area (Å²) in [6.07, 6.45) is -5.32. The number of methoxy groups -OCH3 is 1. The summed E-state index contributed by atoms with van der Waals surface area (Å²) in [7, 11) is 1.59. The summed E-state index contributed by atoms with van der Waals surface area (Å²) in [6, 6.07) is 16.6. The lowest BCUT2D eigenvalue weighted by molar-refractivity contribution is -0.301. The zero-order valence-corrected chi connectivity index (χ0v) is 18.8. The van der Waals surface area contributed by atoms with Crippen molar-refractivity contribution in [2.75, 3.05) is 20.3 Å². The highest BCUT2D eigenvalue weighted by Gasteiger charge is 2.44. The van der Waals surface area contributed by atoms with Crippen LogP contribution in [0.15, 0.2) is 54.6 Å². The minimum Gasteiger partial charge on any atom is -0.497 e. The topological polar surface area (TPSA) is 116 Å². The van der Waals surface area contributed by atoms with Gasteiger partial charge in [0.1, 0.15) is 30.7 Å². The largest absolute Gasteiger partial charge is 0.497 e. The maximum Gasteiger partial charge on any atom is 0.407 e. The van der Waals surface area contributed by atoms with Crippen LogP contribution in [-0.2, 0) is 32.2 Å². The summed E-state index contributed by atoms with van der Waals surface area (Å²) < 4.78 is 27.2. The molecule has 2 aromatic rings. The number of alkyl carbamates (subject to hydrolysis) is 1. The van der Waals surface area contributed by atoms with E-state index in [2.05, 4.69) is 5.32 Å². The molecule has 1 aliphatic rings. The second-order valence-electron chi connectivity index (χ2n) is 7.67. The summed E-state index contributed by atoms with van der Waals surface area (Å²) in [5.41, 5.74) is 1.75. The highest BCUT2D eigenvalue weighted by Crippen LogP contribution is 2.25. The molecule has 9 nitrogen and oxygen atoms in total. The van der Waals surface area contributed by atoms with E-state index in [0.29, 0.717) is 0 Å². The van der Waals surface area contributed by atoms with Gasteiger partial charge >= 0.3 is 6.09 Å². The molecule has 180 valence electrons. The molecule has 0 radical (unpaired) electrons. The molecule has 1 fully saturated rings. The van der Waals surface area contributed by atoms with E-state index in [1.807, 2.05) is 54.6 Å². The van der Waals surface area contributed by atoms with Crippen molar-refractivity contribution < 1.29 is 38.7 Å². The number of hydrogen-bond donors (Lipinski definition) is 3. The number of hydrogen-bond acceptors (Lipinski definition) is 8. The Kier molecular flexibility index (Phi) is 9.47. The number of carbonyl (C=O) groups excluding carboxylic acids is 1. The Labute approximate surface area is 193 Å². The quantitative estimate of drug-likeness (QED) is 0.460. The molecule has 1 heterocycles. The van der Waals surface area contributed by atoms with E-state index in [4.69, 9.17) is 23.7 Å². The number of nitrogens with one attached hydrogen (secondary N) is 1. The van der Waals surface area contributed by atoms with E-state index < -0.39 is 36.8 Å². The number of carbonyl (C=O) groups is 1. The fourth-order valence-corrected chi connectivity index (χ4v) is 3.35. The molecule has 0 aliphatic carbocycles. The van der Waals surface area contributed by atoms with E-state index in [-0.39, 0.29) is 26.4 Å². The Hall–Kier alpha value is -2.69. The fraction of sp³-hybridized carbons (Fsp3) is 0.458. The van der Waals surface area contributed by atoms with Gasteiger partial charge in [-0.3, -0.25) is 0 Å². The van der Waals surface area contributed by atoms with E-state index in [0.717, 1.165) is 16.9 Å². The van der Waals surface area contributed by atoms with Crippen LogP contribution in [0.25, 0.3) is 0 Å². The first-order valence-electron chi connectivity index (χ1n) is 10.8. The maximum absolute atomic E-state index is 11.8. The minimum absolute atomic E-state index is 0.0795. The molecule has 0 unspecified atom stereocenters. The monoisotopic (exact) mass is 461 g/mol. The van der Waals surface area contributed by atoms with E-state index in [1.165, 1.54) is 0 Å². The third kappa shape index (κ3) is 7.41. The standard InChI is InChI=1S/C24H31NO8/c1-16-20(26)22(31-14-18-8-10-19(29-2)11-9-18)21(27)23(33-16)30-13-12-25-24(28)32-15-17-6-4-3-5-7-17/h3-11,16,20-23,26-27H,12-15H2,1-2H3,(H,25,28)/t16-,20-,21+,22+,23+/m0/s1. The molecule has 0 aromatic heterocycles. The van der Waals surface area contributed by atoms with Gasteiger partial charge in [0.2, 0.25) is 0 Å². The second kappa shape index (κ2) is 12.5. The van der Waals surface area contributed by atoms with Gasteiger partial charge in [-0.05, 0) is 30.2 Å². The molecule has 33 heavy (non-hydrogen) atoms. The average molecular weight is 462 g/mol. The number of benzene rings is 2. The van der Waals surface area contributed by atoms with Crippen molar-refractivity contribution in [3.63, 3.8) is 0 Å². The average Bonchev–Trinajstić information content (AvgIpc) is 2.84. The van der Waals surface area contributed by atoms with Gasteiger partial charge in [0.25, 0.3) is 0 Å². The first-order valence-corrected chi connectivity index (χ1v) is 10.8. The maximum atomic E-state index is 11.8. The van der Waals surface area contributed by atoms with Gasteiger partial charge in [0.05, 0.1) is 26.4 Å². The van der Waals surface area contributed by atoms with Crippen LogP contribution in [0, 0.1) is 0 Å². The molecule has 0 saturated carbocycles. The number of ether oxygens (including phenoxy) is 5. The third-order valence-corrected chi connectivity index (χ3v) is 5.25. The highest BCUT2D eigenvalue weighted by molar-refractivity contribution is 5.67. The molecule has 0 bridgehead atoms. The number of aliphatic hydroxyl groups excluding tert-OH is 2. The molecule has 5 atom stereocenters. The normalized spacial score (nSPS) is 24.8. The molecule has 2 aromatic carbocycles. The van der Waals surface area contributed by atoms with Gasteiger partial charge in [-0.1, -0.05) is 42.5 Å². The Morgan fingerprint density at radius 2 is 1.67 bits per heavy atom. The van der Waals surface area contributed by atoms with Gasteiger partial charge in [0.15, 0.2) is 6.29 Å². The summed E-state index contributed by atoms with van der Waals surface area (Å²) >= 11 is 0. The summed E-state index contributed by atoms with van der Waals surface area (Å²) in [5.74, 6) is 0.726. The Balaban J connectivity index is 1.41. The first-order chi connectivity index (χ1) is 16.0. The lowest BCUT2D eigenvalue weighted by atomic mass is 9.99. The van der Waals surface area contributed by atoms with Gasteiger partial charge in [-0.2, -0.15) is 0 Å². The van der Waals surface area contributed by atoms with Crippen molar-refractivity contribution in [2.45, 2.75) is 50.8 Å². The number of rotatable bonds is 10. The van der Waals surface area contributed by atoms with Gasteiger partial charge in [-0.15, -0.1) is 0 Å². The fourth-order valence-electron chi connectivity index (χ4n) is 3.35. The zero-order valence-electron chi connectivity index (χ0n) is 18.8. The van der Waals surface area contributed by atoms with Crippen LogP contribution in [0.3, 0.4) is 0 Å². The highest BCUT2D eigenvalue weighted by atomic mass is 16.7. The Morgan fingerprint density at radius 1 is 0.970 bits per heavy atom. The lowest BCUT2D eigenvalue weighted by Gasteiger charge is -2.41. The summed E-state index contributed by atoms with van der Waals surface area (Å²) in [5, 5.41) is 23.6. The summed E-state index contributed by atoms with van der Waals surface area (Å²) in [6.45, 7) is 2.28. The van der Waals surface area contributed by atoms with Crippen molar-refractivity contribution in [3.8, 4) is 5.75 Å². The number of amides is 1. The van der Waals surface area contributed by atoms with Gasteiger partial charge in [0, 0.05) is 6.54 Å². The van der Waals surface area contributed by atoms with Crippen molar-refractivity contribution in [1.82, 2.24) is 5.32 Å². The van der Waals surface area contributed by atoms with Crippen LogP contribution in [0.4, 0.5) is 4.79 Å². The van der Waals surface area contributed by atoms with Crippen molar-refractivity contribution in [2.24, 2.45) is 0 Å². The Bertz CT molecular complexity index is 847. The summed E-state index contributed by atoms with van der Waals surface area (Å²) in [4.78, 5) is 11.8. The molecule has 1 aliphatic heterocycles. The van der Waals surface area contributed by atoms with E-state index in [9.17, 15) is 15.0 Å². The SMILES string of the molecule is COc1ccc(CO[C@@H]2[C@@H](O)[C@H](C)O[C@@H](OCCNC(=O)OCc3ccccc3)[C@@H]2O)cc1. The predicted octanol–water partition coefficient (Wildman–Crippen LogP) is 1.99. The van der Waals surface area contributed by atoms with Gasteiger partial charge < -0.3 is 39.2 Å². The molecule has 9 heteroatoms. The van der Waals surface area contributed by atoms with Crippen molar-refractivity contribution >= 4 is 6.09 Å². The van der Waals surface area contributed by atoms with Crippen LogP contribution < -0.4 is 10.1 Å². The second-order valence-corrected chi connectivity index (χ2v) is 7.67. The van der Waals surface area contributed by atoms with Crippen LogP contribution in [0.2, 0.25) is 0 Å². The van der Waals surface area contributed by atoms with E-state index >= 15 is 0 Å². The van der Waals surface area contributed by atoms with E-state index in [1.54, 1.807) is 14.0 Å². The minimum atomic E-state index is -1.21. The van der Waals surface area contributed by atoms with Crippen LogP contribution >= 0.6 is 0 Å². The van der Waals surface area contributed by atoms with Crippen LogP contribution in [-0.4, -0.2) is 67.3 Å². The zero-order chi connectivity index (χ0) is 23.6. The third-order valence-electron chi connectivity index (χ3n) is 5.25. The van der Waals surface area contributed by atoms with Crippen LogP contribution in [0.5, 0.6) is 5.75 Å². The first kappa shape index (κ1) is 24.9. The molecule has 1 saturated heterocycles. The predicted molar refractivity (Wildman–Crippen MR) is 119 cm³/mol. The molecule has 0 spiro atoms. The molecular formula is C24H31NO8. The van der Waals surface area contributed by atoms with Crippen LogP contribution in [0.1, 0.15) is 18.1 Å². The molecular weight excluding hydrogens is 430 g/mol. The lowest BCUT2D eigenvalue weighted by Crippen LogP contribution is -2.58. The number of aliphatic hydroxyl groups is 2. The molecule has 1 amide bonds.